The molecule has 0 aliphatic heterocycles. The molecule has 37 heavy (non-hydrogen) atoms. The second-order valence-electron chi connectivity index (χ2n) is 8.85. The SMILES string of the molecule is CCN(CC)c1ccc(-n2nc3cc(C)c(NC(=S)NC(=O)c4cccc(C)c4OC)cc3n2)c(C)c1. The molecule has 3 aromatic carbocycles. The van der Waals surface area contributed by atoms with Gasteiger partial charge >= 0.3 is 0 Å². The first kappa shape index (κ1) is 26.1. The molecule has 0 atom stereocenters. The molecule has 192 valence electrons. The zero-order valence-corrected chi connectivity index (χ0v) is 22.9. The van der Waals surface area contributed by atoms with Crippen LogP contribution in [0.25, 0.3) is 16.7 Å². The first-order chi connectivity index (χ1) is 17.7. The first-order valence-electron chi connectivity index (χ1n) is 12.2. The van der Waals surface area contributed by atoms with E-state index in [0.29, 0.717) is 11.3 Å². The molecule has 0 bridgehead atoms. The van der Waals surface area contributed by atoms with Gasteiger partial charge in [0.1, 0.15) is 16.8 Å². The number of rotatable bonds is 7. The Kier molecular flexibility index (Phi) is 7.73. The number of anilines is 2. The molecule has 2 N–H and O–H groups in total. The number of para-hydroxylation sites is 1. The Morgan fingerprint density at radius 2 is 1.68 bits per heavy atom. The number of aromatic nitrogens is 3. The van der Waals surface area contributed by atoms with Crippen LogP contribution in [-0.2, 0) is 0 Å². The van der Waals surface area contributed by atoms with Gasteiger partial charge in [0.25, 0.3) is 5.91 Å². The zero-order valence-electron chi connectivity index (χ0n) is 22.0. The van der Waals surface area contributed by atoms with Crippen LogP contribution in [0.2, 0.25) is 0 Å². The van der Waals surface area contributed by atoms with Gasteiger partial charge in [0, 0.05) is 24.5 Å². The summed E-state index contributed by atoms with van der Waals surface area (Å²) >= 11 is 5.43. The highest BCUT2D eigenvalue weighted by Gasteiger charge is 2.16. The standard InChI is InChI=1S/C28H32N6O2S/c1-7-33(8-2)20-12-13-25(19(5)14-20)34-31-23-15-18(4)22(16-24(23)32-34)29-28(37)30-27(35)21-11-9-10-17(3)26(21)36-6/h9-16H,7-8H2,1-6H3,(H2,29,30,35,37). The summed E-state index contributed by atoms with van der Waals surface area (Å²) in [7, 11) is 1.54. The number of thiocarbonyl (C=S) groups is 1. The van der Waals surface area contributed by atoms with Gasteiger partial charge in [-0.25, -0.2) is 0 Å². The fourth-order valence-electron chi connectivity index (χ4n) is 4.39. The van der Waals surface area contributed by atoms with Crippen molar-refractivity contribution in [3.63, 3.8) is 0 Å². The molecule has 0 radical (unpaired) electrons. The number of hydrogen-bond acceptors (Lipinski definition) is 6. The molecule has 9 heteroatoms. The quantitative estimate of drug-likeness (QED) is 0.321. The van der Waals surface area contributed by atoms with Gasteiger partial charge in [0.15, 0.2) is 5.11 Å². The van der Waals surface area contributed by atoms with E-state index in [1.807, 2.05) is 38.1 Å². The minimum atomic E-state index is -0.341. The lowest BCUT2D eigenvalue weighted by molar-refractivity contribution is 0.0974. The minimum absolute atomic E-state index is 0.186. The van der Waals surface area contributed by atoms with Gasteiger partial charge in [0.05, 0.1) is 18.4 Å². The van der Waals surface area contributed by atoms with Crippen LogP contribution in [0.5, 0.6) is 5.75 Å². The lowest BCUT2D eigenvalue weighted by atomic mass is 10.1. The summed E-state index contributed by atoms with van der Waals surface area (Å²) in [4.78, 5) is 16.8. The number of nitrogens with one attached hydrogen (secondary N) is 2. The van der Waals surface area contributed by atoms with Crippen molar-refractivity contribution in [3.05, 3.63) is 70.8 Å². The highest BCUT2D eigenvalue weighted by Crippen LogP contribution is 2.26. The van der Waals surface area contributed by atoms with E-state index in [1.54, 1.807) is 18.0 Å². The number of aryl methyl sites for hydroxylation is 3. The Bertz CT molecular complexity index is 1480. The maximum absolute atomic E-state index is 12.8. The number of amides is 1. The van der Waals surface area contributed by atoms with Crippen molar-refractivity contribution in [1.82, 2.24) is 20.3 Å². The number of hydrogen-bond donors (Lipinski definition) is 2. The number of benzene rings is 3. The fraction of sp³-hybridized carbons (Fsp3) is 0.286. The molecular weight excluding hydrogens is 484 g/mol. The second kappa shape index (κ2) is 11.0. The molecule has 0 saturated heterocycles. The molecule has 4 aromatic rings. The van der Waals surface area contributed by atoms with Gasteiger partial charge in [-0.05, 0) is 99.9 Å². The van der Waals surface area contributed by atoms with Gasteiger partial charge in [0.2, 0.25) is 0 Å². The topological polar surface area (TPSA) is 84.3 Å². The average molecular weight is 517 g/mol. The smallest absolute Gasteiger partial charge is 0.261 e. The van der Waals surface area contributed by atoms with Gasteiger partial charge in [-0.1, -0.05) is 12.1 Å². The van der Waals surface area contributed by atoms with Gasteiger partial charge in [-0.3, -0.25) is 10.1 Å². The predicted octanol–water partition coefficient (Wildman–Crippen LogP) is 5.33. The first-order valence-corrected chi connectivity index (χ1v) is 12.7. The molecule has 8 nitrogen and oxygen atoms in total. The number of carbonyl (C=O) groups excluding carboxylic acids is 1. The van der Waals surface area contributed by atoms with Crippen LogP contribution in [0.15, 0.2) is 48.5 Å². The summed E-state index contributed by atoms with van der Waals surface area (Å²) in [5, 5.41) is 15.5. The molecule has 0 spiro atoms. The van der Waals surface area contributed by atoms with Crippen molar-refractivity contribution in [3.8, 4) is 11.4 Å². The van der Waals surface area contributed by atoms with Gasteiger partial charge in [-0.2, -0.15) is 4.80 Å². The van der Waals surface area contributed by atoms with Crippen molar-refractivity contribution < 1.29 is 9.53 Å². The Balaban J connectivity index is 1.55. The molecule has 4 rings (SSSR count). The predicted molar refractivity (Wildman–Crippen MR) is 153 cm³/mol. The van der Waals surface area contributed by atoms with Crippen molar-refractivity contribution in [2.24, 2.45) is 0 Å². The molecule has 1 aromatic heterocycles. The highest BCUT2D eigenvalue weighted by atomic mass is 32.1. The van der Waals surface area contributed by atoms with Crippen LogP contribution < -0.4 is 20.3 Å². The van der Waals surface area contributed by atoms with Crippen molar-refractivity contribution in [1.29, 1.82) is 0 Å². The van der Waals surface area contributed by atoms with E-state index in [-0.39, 0.29) is 11.0 Å². The van der Waals surface area contributed by atoms with Crippen LogP contribution in [0.1, 0.15) is 40.9 Å². The zero-order chi connectivity index (χ0) is 26.7. The molecule has 0 saturated carbocycles. The molecule has 0 aliphatic carbocycles. The molecule has 0 aliphatic rings. The van der Waals surface area contributed by atoms with Crippen molar-refractivity contribution in [2.75, 3.05) is 30.4 Å². The van der Waals surface area contributed by atoms with Gasteiger partial charge < -0.3 is 15.0 Å². The van der Waals surface area contributed by atoms with Gasteiger partial charge in [-0.15, -0.1) is 10.2 Å². The lowest BCUT2D eigenvalue weighted by Crippen LogP contribution is -2.34. The monoisotopic (exact) mass is 516 g/mol. The van der Waals surface area contributed by atoms with Crippen molar-refractivity contribution in [2.45, 2.75) is 34.6 Å². The third-order valence-corrected chi connectivity index (χ3v) is 6.59. The second-order valence-corrected chi connectivity index (χ2v) is 9.26. The largest absolute Gasteiger partial charge is 0.496 e. The Morgan fingerprint density at radius 3 is 2.32 bits per heavy atom. The summed E-state index contributed by atoms with van der Waals surface area (Å²) in [5.74, 6) is 0.184. The third-order valence-electron chi connectivity index (χ3n) is 6.39. The molecule has 0 unspecified atom stereocenters. The van der Waals surface area contributed by atoms with Crippen LogP contribution in [0, 0.1) is 20.8 Å². The highest BCUT2D eigenvalue weighted by molar-refractivity contribution is 7.80. The van der Waals surface area contributed by atoms with Crippen LogP contribution in [0.3, 0.4) is 0 Å². The van der Waals surface area contributed by atoms with Crippen LogP contribution >= 0.6 is 12.2 Å². The summed E-state index contributed by atoms with van der Waals surface area (Å²) in [6.45, 7) is 12.1. The minimum Gasteiger partial charge on any atom is -0.496 e. The van der Waals surface area contributed by atoms with Crippen LogP contribution in [-0.4, -0.2) is 46.2 Å². The molecular formula is C28H32N6O2S. The van der Waals surface area contributed by atoms with E-state index in [1.165, 1.54) is 5.69 Å². The summed E-state index contributed by atoms with van der Waals surface area (Å²) < 4.78 is 5.40. The number of fused-ring (bicyclic) bond motifs is 1. The number of ether oxygens (including phenoxy) is 1. The Labute approximate surface area is 222 Å². The summed E-state index contributed by atoms with van der Waals surface area (Å²) in [6.07, 6.45) is 0. The number of carbonyl (C=O) groups is 1. The maximum atomic E-state index is 12.8. The van der Waals surface area contributed by atoms with E-state index in [0.717, 1.165) is 52.2 Å². The lowest BCUT2D eigenvalue weighted by Gasteiger charge is -2.22. The van der Waals surface area contributed by atoms with E-state index in [2.05, 4.69) is 54.5 Å². The Morgan fingerprint density at radius 1 is 0.973 bits per heavy atom. The van der Waals surface area contributed by atoms with E-state index in [4.69, 9.17) is 27.2 Å². The van der Waals surface area contributed by atoms with E-state index >= 15 is 0 Å². The molecule has 1 heterocycles. The number of nitrogens with zero attached hydrogens (tertiary/aromatic N) is 4. The Hall–Kier alpha value is -3.98. The van der Waals surface area contributed by atoms with E-state index in [9.17, 15) is 4.79 Å². The average Bonchev–Trinajstić information content (AvgIpc) is 3.27. The fourth-order valence-corrected chi connectivity index (χ4v) is 4.59. The van der Waals surface area contributed by atoms with Crippen molar-refractivity contribution >= 4 is 45.6 Å². The molecule has 1 amide bonds. The number of methoxy groups -OCH3 is 1. The maximum Gasteiger partial charge on any atom is 0.261 e. The summed E-state index contributed by atoms with van der Waals surface area (Å²) in [5.41, 5.74) is 7.66. The normalized spacial score (nSPS) is 10.9. The molecule has 0 fully saturated rings. The summed E-state index contributed by atoms with van der Waals surface area (Å²) in [6, 6.07) is 15.6. The van der Waals surface area contributed by atoms with E-state index < -0.39 is 0 Å². The van der Waals surface area contributed by atoms with Crippen LogP contribution in [0.4, 0.5) is 11.4 Å². The third kappa shape index (κ3) is 5.41.